The molecule has 160 valence electrons. The van der Waals surface area contributed by atoms with Crippen LogP contribution in [0, 0.1) is 0 Å². The van der Waals surface area contributed by atoms with E-state index in [0.29, 0.717) is 12.6 Å². The summed E-state index contributed by atoms with van der Waals surface area (Å²) in [5.74, 6) is 0.00144. The smallest absolute Gasteiger partial charge is 0.170 e. The molecule has 2 aliphatic rings. The van der Waals surface area contributed by atoms with Gasteiger partial charge in [0.25, 0.3) is 0 Å². The monoisotopic (exact) mass is 438 g/mol. The van der Waals surface area contributed by atoms with E-state index >= 15 is 0 Å². The quantitative estimate of drug-likeness (QED) is 0.690. The number of likely N-dealkylation sites (tertiary alicyclic amines) is 1. The number of hydrogen-bond acceptors (Lipinski definition) is 7. The molecule has 29 heavy (non-hydrogen) atoms. The Labute approximate surface area is 177 Å². The van der Waals surface area contributed by atoms with Crippen molar-refractivity contribution in [2.24, 2.45) is 0 Å². The third kappa shape index (κ3) is 4.28. The average Bonchev–Trinajstić information content (AvgIpc) is 3.31. The van der Waals surface area contributed by atoms with Crippen LogP contribution in [-0.4, -0.2) is 53.3 Å². The van der Waals surface area contributed by atoms with Gasteiger partial charge in [-0.25, -0.2) is 13.1 Å². The lowest BCUT2D eigenvalue weighted by atomic mass is 9.79. The standard InChI is InChI=1S/C20H30N4O3S2/c1-4-17-10-18-19(28-17)6-9-27-20(18)7-8-23(15(3)11-20)12-16-13-24(22-21-16)14-29(25,26)5-2/h10,13,15H,4-9,11-12,14H2,1-3H3/t15-,20+/m0/s1. The molecule has 0 saturated carbocycles. The number of piperidine rings is 1. The van der Waals surface area contributed by atoms with Crippen LogP contribution in [0.5, 0.6) is 0 Å². The predicted molar refractivity (Wildman–Crippen MR) is 114 cm³/mol. The Balaban J connectivity index is 1.44. The zero-order valence-electron chi connectivity index (χ0n) is 17.4. The second-order valence-electron chi connectivity index (χ2n) is 8.18. The van der Waals surface area contributed by atoms with Gasteiger partial charge >= 0.3 is 0 Å². The third-order valence-corrected chi connectivity index (χ3v) is 9.05. The zero-order valence-corrected chi connectivity index (χ0v) is 19.1. The molecule has 0 radical (unpaired) electrons. The fourth-order valence-corrected chi connectivity index (χ4v) is 6.37. The average molecular weight is 439 g/mol. The number of rotatable bonds is 6. The molecule has 0 bridgehead atoms. The van der Waals surface area contributed by atoms with Gasteiger partial charge < -0.3 is 4.74 Å². The Kier molecular flexibility index (Phi) is 5.85. The Morgan fingerprint density at radius 1 is 1.38 bits per heavy atom. The normalized spacial score (nSPS) is 25.4. The Bertz CT molecular complexity index is 968. The van der Waals surface area contributed by atoms with Gasteiger partial charge in [-0.1, -0.05) is 19.1 Å². The molecule has 4 rings (SSSR count). The number of fused-ring (bicyclic) bond motifs is 2. The lowest BCUT2D eigenvalue weighted by Crippen LogP contribution is -2.50. The van der Waals surface area contributed by atoms with E-state index in [4.69, 9.17) is 4.74 Å². The number of ether oxygens (including phenoxy) is 1. The molecular formula is C20H30N4O3S2. The molecule has 2 aromatic rings. The van der Waals surface area contributed by atoms with Crippen LogP contribution in [0.4, 0.5) is 0 Å². The largest absolute Gasteiger partial charge is 0.370 e. The van der Waals surface area contributed by atoms with E-state index in [1.807, 2.05) is 11.3 Å². The van der Waals surface area contributed by atoms with E-state index in [9.17, 15) is 8.42 Å². The molecule has 0 aliphatic carbocycles. The first-order valence-corrected chi connectivity index (χ1v) is 13.1. The molecule has 4 heterocycles. The fourth-order valence-electron chi connectivity index (χ4n) is 4.49. The molecule has 0 amide bonds. The summed E-state index contributed by atoms with van der Waals surface area (Å²) in [5.41, 5.74) is 2.08. The van der Waals surface area contributed by atoms with Crippen molar-refractivity contribution < 1.29 is 13.2 Å². The number of aromatic nitrogens is 3. The SMILES string of the molecule is CCc1cc2c(s1)CCO[C@@]21CCN(Cc2cn(CS(=O)(=O)CC)nn2)[C@@H](C)C1. The first-order chi connectivity index (χ1) is 13.8. The van der Waals surface area contributed by atoms with Crippen molar-refractivity contribution in [1.29, 1.82) is 0 Å². The summed E-state index contributed by atoms with van der Waals surface area (Å²) in [6.45, 7) is 8.53. The highest BCUT2D eigenvalue weighted by Crippen LogP contribution is 2.46. The second kappa shape index (κ2) is 8.09. The molecule has 2 aromatic heterocycles. The summed E-state index contributed by atoms with van der Waals surface area (Å²) in [5, 5.41) is 8.20. The molecule has 7 nitrogen and oxygen atoms in total. The molecule has 2 atom stereocenters. The van der Waals surface area contributed by atoms with Crippen molar-refractivity contribution in [1.82, 2.24) is 19.9 Å². The Morgan fingerprint density at radius 2 is 2.21 bits per heavy atom. The number of thiophene rings is 1. The summed E-state index contributed by atoms with van der Waals surface area (Å²) in [6.07, 6.45) is 5.81. The third-order valence-electron chi connectivity index (χ3n) is 6.18. The Morgan fingerprint density at radius 3 is 2.93 bits per heavy atom. The highest BCUT2D eigenvalue weighted by molar-refractivity contribution is 7.90. The molecule has 0 aromatic carbocycles. The number of nitrogens with zero attached hydrogens (tertiary/aromatic N) is 4. The van der Waals surface area contributed by atoms with E-state index in [1.165, 1.54) is 20.0 Å². The lowest BCUT2D eigenvalue weighted by Gasteiger charge is -2.47. The van der Waals surface area contributed by atoms with Gasteiger partial charge in [0.15, 0.2) is 9.84 Å². The summed E-state index contributed by atoms with van der Waals surface area (Å²) in [6, 6.07) is 2.73. The van der Waals surface area contributed by atoms with Gasteiger partial charge in [0, 0.05) is 41.1 Å². The van der Waals surface area contributed by atoms with Gasteiger partial charge in [-0.05, 0) is 37.8 Å². The second-order valence-corrected chi connectivity index (χ2v) is 11.7. The van der Waals surface area contributed by atoms with Crippen LogP contribution < -0.4 is 0 Å². The summed E-state index contributed by atoms with van der Waals surface area (Å²) in [7, 11) is -3.12. The molecule has 0 N–H and O–H groups in total. The first kappa shape index (κ1) is 21.0. The lowest BCUT2D eigenvalue weighted by molar-refractivity contribution is -0.112. The van der Waals surface area contributed by atoms with Crippen LogP contribution >= 0.6 is 11.3 Å². The van der Waals surface area contributed by atoms with Crippen LogP contribution in [0.2, 0.25) is 0 Å². The zero-order chi connectivity index (χ0) is 20.6. The number of hydrogen-bond donors (Lipinski definition) is 0. The maximum absolute atomic E-state index is 11.8. The topological polar surface area (TPSA) is 77.3 Å². The summed E-state index contributed by atoms with van der Waals surface area (Å²) in [4.78, 5) is 5.36. The van der Waals surface area contributed by atoms with Gasteiger partial charge in [0.2, 0.25) is 0 Å². The van der Waals surface area contributed by atoms with Crippen LogP contribution in [0.25, 0.3) is 0 Å². The van der Waals surface area contributed by atoms with E-state index in [1.54, 1.807) is 13.1 Å². The van der Waals surface area contributed by atoms with Crippen LogP contribution in [0.15, 0.2) is 12.3 Å². The summed E-state index contributed by atoms with van der Waals surface area (Å²) < 4.78 is 31.4. The first-order valence-electron chi connectivity index (χ1n) is 10.4. The van der Waals surface area contributed by atoms with Crippen LogP contribution in [0.3, 0.4) is 0 Å². The molecule has 2 aliphatic heterocycles. The highest BCUT2D eigenvalue weighted by atomic mass is 32.2. The number of aryl methyl sites for hydroxylation is 1. The van der Waals surface area contributed by atoms with Gasteiger partial charge in [0.05, 0.1) is 24.1 Å². The maximum Gasteiger partial charge on any atom is 0.170 e. The van der Waals surface area contributed by atoms with Crippen molar-refractivity contribution in [2.75, 3.05) is 18.9 Å². The summed E-state index contributed by atoms with van der Waals surface area (Å²) >= 11 is 1.95. The molecular weight excluding hydrogens is 408 g/mol. The Hall–Kier alpha value is -1.29. The highest BCUT2D eigenvalue weighted by Gasteiger charge is 2.44. The van der Waals surface area contributed by atoms with Crippen LogP contribution in [-0.2, 0) is 45.4 Å². The van der Waals surface area contributed by atoms with E-state index in [0.717, 1.165) is 44.5 Å². The minimum absolute atomic E-state index is 0.107. The fraction of sp³-hybridized carbons (Fsp3) is 0.700. The van der Waals surface area contributed by atoms with E-state index < -0.39 is 9.84 Å². The minimum Gasteiger partial charge on any atom is -0.370 e. The van der Waals surface area contributed by atoms with Crippen molar-refractivity contribution in [3.8, 4) is 0 Å². The van der Waals surface area contributed by atoms with Crippen molar-refractivity contribution in [3.63, 3.8) is 0 Å². The molecule has 1 saturated heterocycles. The molecule has 9 heteroatoms. The van der Waals surface area contributed by atoms with Crippen molar-refractivity contribution in [3.05, 3.63) is 33.3 Å². The predicted octanol–water partition coefficient (Wildman–Crippen LogP) is 2.75. The van der Waals surface area contributed by atoms with Crippen molar-refractivity contribution >= 4 is 21.2 Å². The van der Waals surface area contributed by atoms with Crippen LogP contribution in [0.1, 0.15) is 54.6 Å². The maximum atomic E-state index is 11.8. The van der Waals surface area contributed by atoms with Gasteiger partial charge in [-0.3, -0.25) is 4.90 Å². The number of sulfone groups is 1. The van der Waals surface area contributed by atoms with E-state index in [-0.39, 0.29) is 17.2 Å². The van der Waals surface area contributed by atoms with Gasteiger partial charge in [-0.15, -0.1) is 16.4 Å². The van der Waals surface area contributed by atoms with Gasteiger partial charge in [-0.2, -0.15) is 0 Å². The van der Waals surface area contributed by atoms with Gasteiger partial charge in [0.1, 0.15) is 5.88 Å². The molecule has 1 spiro atoms. The van der Waals surface area contributed by atoms with E-state index in [2.05, 4.69) is 35.1 Å². The molecule has 0 unspecified atom stereocenters. The minimum atomic E-state index is -3.12. The van der Waals surface area contributed by atoms with Crippen molar-refractivity contribution in [2.45, 2.75) is 70.5 Å². The molecule has 1 fully saturated rings.